The SMILES string of the molecule is O=C(NCC1(CO)CC1)c1ccccc1C(=O)c1ccccc1. The van der Waals surface area contributed by atoms with Crippen LogP contribution in [0.5, 0.6) is 0 Å². The molecule has 4 heteroatoms. The first-order chi connectivity index (χ1) is 11.2. The van der Waals surface area contributed by atoms with Crippen LogP contribution in [0, 0.1) is 5.41 Å². The third-order valence-electron chi connectivity index (χ3n) is 4.37. The van der Waals surface area contributed by atoms with E-state index in [1.54, 1.807) is 48.5 Å². The summed E-state index contributed by atoms with van der Waals surface area (Å²) in [4.78, 5) is 25.1. The Bertz CT molecular complexity index is 720. The Morgan fingerprint density at radius 3 is 2.17 bits per heavy atom. The molecule has 2 aromatic carbocycles. The molecule has 0 unspecified atom stereocenters. The molecule has 118 valence electrons. The molecule has 0 heterocycles. The lowest BCUT2D eigenvalue weighted by atomic mass is 9.97. The fraction of sp³-hybridized carbons (Fsp3) is 0.263. The van der Waals surface area contributed by atoms with E-state index in [9.17, 15) is 14.7 Å². The molecule has 0 spiro atoms. The molecule has 0 aromatic heterocycles. The summed E-state index contributed by atoms with van der Waals surface area (Å²) >= 11 is 0. The monoisotopic (exact) mass is 309 g/mol. The highest BCUT2D eigenvalue weighted by molar-refractivity contribution is 6.15. The van der Waals surface area contributed by atoms with Crippen LogP contribution in [0.15, 0.2) is 54.6 Å². The van der Waals surface area contributed by atoms with Crippen LogP contribution in [0.3, 0.4) is 0 Å². The van der Waals surface area contributed by atoms with E-state index < -0.39 is 0 Å². The standard InChI is InChI=1S/C19H19NO3/c21-13-19(10-11-19)12-20-18(23)16-9-5-4-8-15(16)17(22)14-6-2-1-3-7-14/h1-9,21H,10-13H2,(H,20,23). The van der Waals surface area contributed by atoms with Crippen molar-refractivity contribution in [3.8, 4) is 0 Å². The molecule has 0 saturated heterocycles. The maximum atomic E-state index is 12.6. The van der Waals surface area contributed by atoms with Crippen LogP contribution in [-0.2, 0) is 0 Å². The van der Waals surface area contributed by atoms with Crippen LogP contribution in [0.4, 0.5) is 0 Å². The fourth-order valence-corrected chi connectivity index (χ4v) is 2.55. The average molecular weight is 309 g/mol. The number of aliphatic hydroxyl groups excluding tert-OH is 1. The van der Waals surface area contributed by atoms with Crippen molar-refractivity contribution in [2.75, 3.05) is 13.2 Å². The first-order valence-corrected chi connectivity index (χ1v) is 7.73. The van der Waals surface area contributed by atoms with E-state index in [2.05, 4.69) is 5.32 Å². The van der Waals surface area contributed by atoms with E-state index in [4.69, 9.17) is 0 Å². The van der Waals surface area contributed by atoms with Gasteiger partial charge in [0.15, 0.2) is 5.78 Å². The van der Waals surface area contributed by atoms with Crippen molar-refractivity contribution in [1.29, 1.82) is 0 Å². The van der Waals surface area contributed by atoms with Gasteiger partial charge in [0.1, 0.15) is 0 Å². The Kier molecular flexibility index (Phi) is 4.26. The number of carbonyl (C=O) groups excluding carboxylic acids is 2. The molecule has 1 fully saturated rings. The molecule has 3 rings (SSSR count). The molecule has 1 amide bonds. The van der Waals surface area contributed by atoms with E-state index in [1.165, 1.54) is 0 Å². The summed E-state index contributed by atoms with van der Waals surface area (Å²) in [6.45, 7) is 0.522. The van der Waals surface area contributed by atoms with Crippen LogP contribution in [0.25, 0.3) is 0 Å². The van der Waals surface area contributed by atoms with Crippen molar-refractivity contribution in [2.24, 2.45) is 5.41 Å². The highest BCUT2D eigenvalue weighted by atomic mass is 16.3. The second-order valence-corrected chi connectivity index (χ2v) is 6.08. The highest BCUT2D eigenvalue weighted by Gasteiger charge is 2.42. The largest absolute Gasteiger partial charge is 0.396 e. The number of amides is 1. The first kappa shape index (κ1) is 15.4. The Morgan fingerprint density at radius 2 is 1.57 bits per heavy atom. The maximum absolute atomic E-state index is 12.6. The number of nitrogens with one attached hydrogen (secondary N) is 1. The summed E-state index contributed by atoms with van der Waals surface area (Å²) < 4.78 is 0. The Labute approximate surface area is 135 Å². The van der Waals surface area contributed by atoms with Crippen LogP contribution < -0.4 is 5.32 Å². The second-order valence-electron chi connectivity index (χ2n) is 6.08. The molecular formula is C19H19NO3. The minimum Gasteiger partial charge on any atom is -0.396 e. The van der Waals surface area contributed by atoms with Crippen molar-refractivity contribution in [3.63, 3.8) is 0 Å². The molecule has 2 aromatic rings. The molecule has 1 aliphatic rings. The topological polar surface area (TPSA) is 66.4 Å². The molecule has 0 aliphatic heterocycles. The zero-order valence-electron chi connectivity index (χ0n) is 12.8. The first-order valence-electron chi connectivity index (χ1n) is 7.73. The summed E-state index contributed by atoms with van der Waals surface area (Å²) in [5.41, 5.74) is 1.16. The summed E-state index contributed by atoms with van der Waals surface area (Å²) in [5, 5.41) is 12.2. The lowest BCUT2D eigenvalue weighted by Gasteiger charge is -2.14. The zero-order valence-corrected chi connectivity index (χ0v) is 12.8. The van der Waals surface area contributed by atoms with Gasteiger partial charge in [-0.3, -0.25) is 9.59 Å². The Hall–Kier alpha value is -2.46. The van der Waals surface area contributed by atoms with Crippen molar-refractivity contribution >= 4 is 11.7 Å². The highest BCUT2D eigenvalue weighted by Crippen LogP contribution is 2.44. The average Bonchev–Trinajstić information content (AvgIpc) is 3.40. The molecule has 23 heavy (non-hydrogen) atoms. The van der Waals surface area contributed by atoms with Crippen LogP contribution in [0.2, 0.25) is 0 Å². The Balaban J connectivity index is 1.80. The maximum Gasteiger partial charge on any atom is 0.252 e. The van der Waals surface area contributed by atoms with Gasteiger partial charge in [0.2, 0.25) is 0 Å². The van der Waals surface area contributed by atoms with Crippen LogP contribution in [0.1, 0.15) is 39.1 Å². The van der Waals surface area contributed by atoms with Crippen molar-refractivity contribution in [1.82, 2.24) is 5.32 Å². The smallest absolute Gasteiger partial charge is 0.252 e. The van der Waals surface area contributed by atoms with Crippen LogP contribution >= 0.6 is 0 Å². The number of benzene rings is 2. The molecule has 2 N–H and O–H groups in total. The van der Waals surface area contributed by atoms with Crippen molar-refractivity contribution < 1.29 is 14.7 Å². The molecular weight excluding hydrogens is 290 g/mol. The quantitative estimate of drug-likeness (QED) is 0.805. The number of hydrogen-bond donors (Lipinski definition) is 2. The van der Waals surface area contributed by atoms with Gasteiger partial charge in [-0.15, -0.1) is 0 Å². The van der Waals surface area contributed by atoms with Gasteiger partial charge in [-0.2, -0.15) is 0 Å². The third kappa shape index (κ3) is 3.32. The summed E-state index contributed by atoms with van der Waals surface area (Å²) in [6.07, 6.45) is 1.85. The van der Waals surface area contributed by atoms with E-state index in [0.717, 1.165) is 12.8 Å². The molecule has 1 aliphatic carbocycles. The van der Waals surface area contributed by atoms with Gasteiger partial charge >= 0.3 is 0 Å². The summed E-state index contributed by atoms with van der Waals surface area (Å²) in [6, 6.07) is 15.7. The predicted octanol–water partition coefficient (Wildman–Crippen LogP) is 2.42. The summed E-state index contributed by atoms with van der Waals surface area (Å²) in [5.74, 6) is -0.441. The van der Waals surface area contributed by atoms with Crippen molar-refractivity contribution in [3.05, 3.63) is 71.3 Å². The minimum atomic E-state index is -0.274. The number of carbonyl (C=O) groups is 2. The normalized spacial score (nSPS) is 15.0. The van der Waals surface area contributed by atoms with Crippen LogP contribution in [-0.4, -0.2) is 29.9 Å². The fourth-order valence-electron chi connectivity index (χ4n) is 2.55. The van der Waals surface area contributed by atoms with Gasteiger partial charge in [-0.25, -0.2) is 0 Å². The molecule has 0 atom stereocenters. The Morgan fingerprint density at radius 1 is 0.957 bits per heavy atom. The zero-order chi connectivity index (χ0) is 16.3. The van der Waals surface area contributed by atoms with E-state index in [0.29, 0.717) is 23.2 Å². The number of aliphatic hydroxyl groups is 1. The molecule has 0 bridgehead atoms. The molecule has 4 nitrogen and oxygen atoms in total. The number of ketones is 1. The molecule has 0 radical (unpaired) electrons. The predicted molar refractivity (Wildman–Crippen MR) is 87.4 cm³/mol. The van der Waals surface area contributed by atoms with Gasteiger partial charge in [0.25, 0.3) is 5.91 Å². The van der Waals surface area contributed by atoms with E-state index in [1.807, 2.05) is 6.07 Å². The lowest BCUT2D eigenvalue weighted by Crippen LogP contribution is -2.32. The van der Waals surface area contributed by atoms with Gasteiger partial charge in [-0.05, 0) is 18.9 Å². The summed E-state index contributed by atoms with van der Waals surface area (Å²) in [7, 11) is 0. The minimum absolute atomic E-state index is 0.0812. The van der Waals surface area contributed by atoms with E-state index in [-0.39, 0.29) is 23.7 Å². The number of hydrogen-bond acceptors (Lipinski definition) is 3. The van der Waals surface area contributed by atoms with Gasteiger partial charge in [0.05, 0.1) is 12.2 Å². The third-order valence-corrected chi connectivity index (χ3v) is 4.37. The number of rotatable bonds is 6. The van der Waals surface area contributed by atoms with Gasteiger partial charge in [0, 0.05) is 23.1 Å². The van der Waals surface area contributed by atoms with Gasteiger partial charge < -0.3 is 10.4 Å². The second kappa shape index (κ2) is 6.34. The molecule has 1 saturated carbocycles. The van der Waals surface area contributed by atoms with E-state index >= 15 is 0 Å². The van der Waals surface area contributed by atoms with Crippen molar-refractivity contribution in [2.45, 2.75) is 12.8 Å². The van der Waals surface area contributed by atoms with Gasteiger partial charge in [-0.1, -0.05) is 48.5 Å². The lowest BCUT2D eigenvalue weighted by molar-refractivity contribution is 0.0925.